The van der Waals surface area contributed by atoms with Crippen molar-refractivity contribution in [2.24, 2.45) is 0 Å². The molecule has 2 aromatic rings. The standard InChI is InChI=1S/C22H25F2N3O2/c23-18-7-5-17(6-8-18)21-15-25(13-14-29-21)16-22(28)27-11-9-26(10-12-27)20-4-2-1-3-19(20)24/h1-8,21H,9-16H2. The lowest BCUT2D eigenvalue weighted by molar-refractivity contribution is -0.134. The highest BCUT2D eigenvalue weighted by atomic mass is 19.1. The zero-order valence-corrected chi connectivity index (χ0v) is 16.3. The van der Waals surface area contributed by atoms with E-state index in [2.05, 4.69) is 4.90 Å². The fraction of sp³-hybridized carbons (Fsp3) is 0.409. The lowest BCUT2D eigenvalue weighted by atomic mass is 10.1. The molecule has 0 spiro atoms. The molecule has 7 heteroatoms. The molecule has 154 valence electrons. The van der Waals surface area contributed by atoms with Gasteiger partial charge in [0.1, 0.15) is 11.6 Å². The number of rotatable bonds is 4. The van der Waals surface area contributed by atoms with E-state index >= 15 is 0 Å². The third kappa shape index (κ3) is 4.74. The first-order valence-electron chi connectivity index (χ1n) is 9.97. The molecule has 0 aromatic heterocycles. The fourth-order valence-corrected chi connectivity index (χ4v) is 3.92. The van der Waals surface area contributed by atoms with Crippen LogP contribution in [0.4, 0.5) is 14.5 Å². The van der Waals surface area contributed by atoms with Gasteiger partial charge in [-0.05, 0) is 29.8 Å². The minimum atomic E-state index is -0.272. The van der Waals surface area contributed by atoms with Gasteiger partial charge in [-0.1, -0.05) is 24.3 Å². The van der Waals surface area contributed by atoms with Gasteiger partial charge in [-0.25, -0.2) is 8.78 Å². The Labute approximate surface area is 169 Å². The summed E-state index contributed by atoms with van der Waals surface area (Å²) in [5, 5.41) is 0. The van der Waals surface area contributed by atoms with Crippen LogP contribution in [0.2, 0.25) is 0 Å². The molecule has 1 amide bonds. The number of piperazine rings is 1. The highest BCUT2D eigenvalue weighted by molar-refractivity contribution is 5.78. The molecule has 29 heavy (non-hydrogen) atoms. The molecule has 0 N–H and O–H groups in total. The molecule has 1 unspecified atom stereocenters. The van der Waals surface area contributed by atoms with Crippen LogP contribution in [0.1, 0.15) is 11.7 Å². The van der Waals surface area contributed by atoms with Gasteiger partial charge in [0.25, 0.3) is 0 Å². The maximum atomic E-state index is 14.0. The monoisotopic (exact) mass is 401 g/mol. The molecule has 2 aliphatic heterocycles. The smallest absolute Gasteiger partial charge is 0.236 e. The average molecular weight is 401 g/mol. The summed E-state index contributed by atoms with van der Waals surface area (Å²) in [6.07, 6.45) is -0.157. The van der Waals surface area contributed by atoms with Gasteiger partial charge in [-0.15, -0.1) is 0 Å². The van der Waals surface area contributed by atoms with Crippen LogP contribution in [0.5, 0.6) is 0 Å². The number of benzene rings is 2. The molecule has 5 nitrogen and oxygen atoms in total. The van der Waals surface area contributed by atoms with Gasteiger partial charge in [0.15, 0.2) is 0 Å². The van der Waals surface area contributed by atoms with Crippen molar-refractivity contribution in [1.82, 2.24) is 9.80 Å². The predicted octanol–water partition coefficient (Wildman–Crippen LogP) is 2.69. The second-order valence-corrected chi connectivity index (χ2v) is 7.47. The number of carbonyl (C=O) groups excluding carboxylic acids is 1. The Bertz CT molecular complexity index is 838. The molecule has 2 aliphatic rings. The van der Waals surface area contributed by atoms with E-state index in [0.717, 1.165) is 5.56 Å². The Kier molecular flexibility index (Phi) is 6.06. The summed E-state index contributed by atoms with van der Waals surface area (Å²) in [4.78, 5) is 18.7. The molecule has 2 heterocycles. The summed E-state index contributed by atoms with van der Waals surface area (Å²) in [5.74, 6) is -0.420. The number of hydrogen-bond acceptors (Lipinski definition) is 4. The largest absolute Gasteiger partial charge is 0.371 e. The Morgan fingerprint density at radius 2 is 1.69 bits per heavy atom. The summed E-state index contributed by atoms with van der Waals surface area (Å²) in [5.41, 5.74) is 1.51. The van der Waals surface area contributed by atoms with Crippen molar-refractivity contribution in [3.63, 3.8) is 0 Å². The van der Waals surface area contributed by atoms with Crippen LogP contribution in [0.25, 0.3) is 0 Å². The maximum Gasteiger partial charge on any atom is 0.236 e. The third-order valence-corrected chi connectivity index (χ3v) is 5.58. The summed E-state index contributed by atoms with van der Waals surface area (Å²) in [6, 6.07) is 13.1. The summed E-state index contributed by atoms with van der Waals surface area (Å²) in [7, 11) is 0. The second kappa shape index (κ2) is 8.88. The number of ether oxygens (including phenoxy) is 1. The van der Waals surface area contributed by atoms with Gasteiger partial charge in [-0.3, -0.25) is 9.69 Å². The Hall–Kier alpha value is -2.51. The molecule has 2 aromatic carbocycles. The molecular weight excluding hydrogens is 376 g/mol. The lowest BCUT2D eigenvalue weighted by Crippen LogP contribution is -2.52. The Morgan fingerprint density at radius 1 is 0.966 bits per heavy atom. The van der Waals surface area contributed by atoms with Crippen molar-refractivity contribution in [2.45, 2.75) is 6.10 Å². The topological polar surface area (TPSA) is 36.0 Å². The minimum Gasteiger partial charge on any atom is -0.371 e. The van der Waals surface area contributed by atoms with E-state index in [1.54, 1.807) is 24.3 Å². The van der Waals surface area contributed by atoms with Crippen molar-refractivity contribution >= 4 is 11.6 Å². The first kappa shape index (κ1) is 19.8. The fourth-order valence-electron chi connectivity index (χ4n) is 3.92. The van der Waals surface area contributed by atoms with E-state index in [9.17, 15) is 13.6 Å². The average Bonchev–Trinajstić information content (AvgIpc) is 2.75. The molecule has 1 atom stereocenters. The SMILES string of the molecule is O=C(CN1CCOC(c2ccc(F)cc2)C1)N1CCN(c2ccccc2F)CC1. The number of nitrogens with zero attached hydrogens (tertiary/aromatic N) is 3. The zero-order valence-electron chi connectivity index (χ0n) is 16.3. The predicted molar refractivity (Wildman–Crippen MR) is 107 cm³/mol. The first-order chi connectivity index (χ1) is 14.1. The first-order valence-corrected chi connectivity index (χ1v) is 9.97. The van der Waals surface area contributed by atoms with Gasteiger partial charge in [0.2, 0.25) is 5.91 Å². The summed E-state index contributed by atoms with van der Waals surface area (Å²) < 4.78 is 32.9. The molecule has 2 fully saturated rings. The molecule has 4 rings (SSSR count). The highest BCUT2D eigenvalue weighted by Crippen LogP contribution is 2.23. The van der Waals surface area contributed by atoms with Gasteiger partial charge in [0, 0.05) is 39.3 Å². The Balaban J connectivity index is 1.29. The quantitative estimate of drug-likeness (QED) is 0.789. The number of morpholine rings is 1. The summed E-state index contributed by atoms with van der Waals surface area (Å²) in [6.45, 7) is 4.57. The van der Waals surface area contributed by atoms with E-state index in [4.69, 9.17) is 4.74 Å². The molecule has 0 aliphatic carbocycles. The van der Waals surface area contributed by atoms with Crippen LogP contribution < -0.4 is 4.90 Å². The van der Waals surface area contributed by atoms with Crippen LogP contribution in [-0.4, -0.2) is 68.1 Å². The van der Waals surface area contributed by atoms with Crippen LogP contribution in [0.15, 0.2) is 48.5 Å². The number of anilines is 1. The van der Waals surface area contributed by atoms with Gasteiger partial charge >= 0.3 is 0 Å². The van der Waals surface area contributed by atoms with Crippen LogP contribution >= 0.6 is 0 Å². The maximum absolute atomic E-state index is 14.0. The molecule has 0 saturated carbocycles. The van der Waals surface area contributed by atoms with E-state index in [1.165, 1.54) is 18.2 Å². The van der Waals surface area contributed by atoms with Crippen molar-refractivity contribution < 1.29 is 18.3 Å². The van der Waals surface area contributed by atoms with E-state index in [1.807, 2.05) is 15.9 Å². The van der Waals surface area contributed by atoms with Crippen molar-refractivity contribution in [1.29, 1.82) is 0 Å². The van der Waals surface area contributed by atoms with E-state index < -0.39 is 0 Å². The normalized spacial score (nSPS) is 20.7. The molecule has 2 saturated heterocycles. The van der Waals surface area contributed by atoms with Crippen LogP contribution in [0.3, 0.4) is 0 Å². The minimum absolute atomic E-state index is 0.0814. The molecule has 0 radical (unpaired) electrons. The third-order valence-electron chi connectivity index (χ3n) is 5.58. The lowest BCUT2D eigenvalue weighted by Gasteiger charge is -2.38. The van der Waals surface area contributed by atoms with Crippen molar-refractivity contribution in [2.75, 3.05) is 57.3 Å². The van der Waals surface area contributed by atoms with Crippen LogP contribution in [0, 0.1) is 11.6 Å². The van der Waals surface area contributed by atoms with E-state index in [0.29, 0.717) is 58.1 Å². The van der Waals surface area contributed by atoms with E-state index in [-0.39, 0.29) is 23.6 Å². The van der Waals surface area contributed by atoms with Gasteiger partial charge in [0.05, 0.1) is 24.9 Å². The number of halogens is 2. The second-order valence-electron chi connectivity index (χ2n) is 7.47. The Morgan fingerprint density at radius 3 is 2.41 bits per heavy atom. The van der Waals surface area contributed by atoms with Gasteiger partial charge < -0.3 is 14.5 Å². The van der Waals surface area contributed by atoms with Crippen molar-refractivity contribution in [3.05, 3.63) is 65.7 Å². The number of hydrogen-bond donors (Lipinski definition) is 0. The van der Waals surface area contributed by atoms with Gasteiger partial charge in [-0.2, -0.15) is 0 Å². The number of amides is 1. The van der Waals surface area contributed by atoms with Crippen molar-refractivity contribution in [3.8, 4) is 0 Å². The zero-order chi connectivity index (χ0) is 20.2. The highest BCUT2D eigenvalue weighted by Gasteiger charge is 2.27. The molecule has 0 bridgehead atoms. The number of para-hydroxylation sites is 1. The van der Waals surface area contributed by atoms with Crippen LogP contribution in [-0.2, 0) is 9.53 Å². The molecular formula is C22H25F2N3O2. The summed E-state index contributed by atoms with van der Waals surface area (Å²) >= 11 is 0. The number of carbonyl (C=O) groups is 1.